The minimum Gasteiger partial charge on any atom is -0.306 e. The zero-order valence-electron chi connectivity index (χ0n) is 11.8. The lowest BCUT2D eigenvalue weighted by atomic mass is 10.0. The number of halogens is 3. The Balaban J connectivity index is 2.02. The van der Waals surface area contributed by atoms with Crippen molar-refractivity contribution < 1.29 is 13.2 Å². The Kier molecular flexibility index (Phi) is 4.65. The molecule has 0 radical (unpaired) electrons. The molecule has 3 nitrogen and oxygen atoms in total. The Hall–Kier alpha value is -1.14. The summed E-state index contributed by atoms with van der Waals surface area (Å²) < 4.78 is 38.6. The third-order valence-corrected chi connectivity index (χ3v) is 3.84. The highest BCUT2D eigenvalue weighted by molar-refractivity contribution is 5.22. The molecule has 0 N–H and O–H groups in total. The first-order chi connectivity index (χ1) is 9.38. The molecule has 2 rings (SSSR count). The molecule has 0 saturated carbocycles. The highest BCUT2D eigenvalue weighted by atomic mass is 19.4. The highest BCUT2D eigenvalue weighted by Crippen LogP contribution is 2.31. The van der Waals surface area contributed by atoms with Crippen molar-refractivity contribution in [1.82, 2.24) is 14.8 Å². The standard InChI is InChI=1S/C14H20F3N3/c1-19(2)12-5-8-20(9-6-12)10-11-4-3-7-18-13(11)14(15,16)17/h3-4,7,12H,5-6,8-10H2,1-2H3. The van der Waals surface area contributed by atoms with Crippen molar-refractivity contribution in [2.24, 2.45) is 0 Å². The molecule has 6 heteroatoms. The van der Waals surface area contributed by atoms with Crippen LogP contribution in [0.25, 0.3) is 0 Å². The van der Waals surface area contributed by atoms with Crippen molar-refractivity contribution in [3.8, 4) is 0 Å². The third kappa shape index (κ3) is 3.70. The van der Waals surface area contributed by atoms with Gasteiger partial charge in [0.1, 0.15) is 5.69 Å². The Morgan fingerprint density at radius 1 is 1.30 bits per heavy atom. The lowest BCUT2D eigenvalue weighted by molar-refractivity contribution is -0.142. The minimum atomic E-state index is -4.38. The molecule has 0 spiro atoms. The molecule has 1 aliphatic rings. The van der Waals surface area contributed by atoms with Crippen LogP contribution in [-0.2, 0) is 12.7 Å². The number of likely N-dealkylation sites (tertiary alicyclic amines) is 1. The second-order valence-electron chi connectivity index (χ2n) is 5.48. The molecule has 0 unspecified atom stereocenters. The number of piperidine rings is 1. The van der Waals surface area contributed by atoms with Gasteiger partial charge in [0, 0.05) is 18.8 Å². The normalized spacial score (nSPS) is 18.7. The molecule has 112 valence electrons. The average Bonchev–Trinajstić information content (AvgIpc) is 2.38. The first kappa shape index (κ1) is 15.3. The van der Waals surface area contributed by atoms with E-state index in [-0.39, 0.29) is 5.56 Å². The quantitative estimate of drug-likeness (QED) is 0.852. The molecular weight excluding hydrogens is 267 g/mol. The summed E-state index contributed by atoms with van der Waals surface area (Å²) in [4.78, 5) is 7.76. The third-order valence-electron chi connectivity index (χ3n) is 3.84. The Bertz CT molecular complexity index is 438. The van der Waals surface area contributed by atoms with E-state index < -0.39 is 11.9 Å². The Labute approximate surface area is 117 Å². The Morgan fingerprint density at radius 2 is 1.95 bits per heavy atom. The van der Waals surface area contributed by atoms with Crippen LogP contribution < -0.4 is 0 Å². The van der Waals surface area contributed by atoms with Gasteiger partial charge in [-0.05, 0) is 51.7 Å². The molecule has 1 aromatic heterocycles. The summed E-state index contributed by atoms with van der Waals surface area (Å²) in [7, 11) is 4.09. The fraction of sp³-hybridized carbons (Fsp3) is 0.643. The van der Waals surface area contributed by atoms with Crippen LogP contribution in [0.5, 0.6) is 0 Å². The summed E-state index contributed by atoms with van der Waals surface area (Å²) >= 11 is 0. The highest BCUT2D eigenvalue weighted by Gasteiger charge is 2.35. The van der Waals surface area contributed by atoms with E-state index in [0.717, 1.165) is 25.9 Å². The Morgan fingerprint density at radius 3 is 2.50 bits per heavy atom. The van der Waals surface area contributed by atoms with E-state index in [2.05, 4.69) is 14.8 Å². The van der Waals surface area contributed by atoms with Gasteiger partial charge in [-0.15, -0.1) is 0 Å². The first-order valence-corrected chi connectivity index (χ1v) is 6.78. The van der Waals surface area contributed by atoms with Crippen LogP contribution in [0.2, 0.25) is 0 Å². The minimum absolute atomic E-state index is 0.267. The van der Waals surface area contributed by atoms with Gasteiger partial charge in [-0.2, -0.15) is 13.2 Å². The first-order valence-electron chi connectivity index (χ1n) is 6.78. The van der Waals surface area contributed by atoms with Gasteiger partial charge >= 0.3 is 6.18 Å². The van der Waals surface area contributed by atoms with Gasteiger partial charge in [0.25, 0.3) is 0 Å². The molecule has 1 saturated heterocycles. The smallest absolute Gasteiger partial charge is 0.306 e. The number of aromatic nitrogens is 1. The topological polar surface area (TPSA) is 19.4 Å². The molecule has 0 bridgehead atoms. The van der Waals surface area contributed by atoms with Crippen molar-refractivity contribution in [3.63, 3.8) is 0 Å². The van der Waals surface area contributed by atoms with Crippen LogP contribution in [-0.4, -0.2) is 48.0 Å². The molecule has 0 aliphatic carbocycles. The molecule has 2 heterocycles. The van der Waals surface area contributed by atoms with Crippen molar-refractivity contribution in [1.29, 1.82) is 0 Å². The number of alkyl halides is 3. The van der Waals surface area contributed by atoms with E-state index in [9.17, 15) is 13.2 Å². The summed E-state index contributed by atoms with van der Waals surface area (Å²) in [5.41, 5.74) is -0.488. The average molecular weight is 287 g/mol. The van der Waals surface area contributed by atoms with Crippen molar-refractivity contribution in [2.75, 3.05) is 27.2 Å². The van der Waals surface area contributed by atoms with E-state index in [4.69, 9.17) is 0 Å². The summed E-state index contributed by atoms with van der Waals surface area (Å²) in [6.45, 7) is 1.98. The van der Waals surface area contributed by atoms with Crippen molar-refractivity contribution >= 4 is 0 Å². The summed E-state index contributed by atoms with van der Waals surface area (Å²) in [5, 5.41) is 0. The molecule has 1 aliphatic heterocycles. The predicted molar refractivity (Wildman–Crippen MR) is 71.2 cm³/mol. The number of pyridine rings is 1. The summed E-state index contributed by atoms with van der Waals surface area (Å²) in [6.07, 6.45) is -1.19. The fourth-order valence-electron chi connectivity index (χ4n) is 2.66. The van der Waals surface area contributed by atoms with E-state index in [0.29, 0.717) is 12.6 Å². The van der Waals surface area contributed by atoms with Gasteiger partial charge in [-0.25, -0.2) is 0 Å². The van der Waals surface area contributed by atoms with E-state index >= 15 is 0 Å². The van der Waals surface area contributed by atoms with Crippen LogP contribution in [0, 0.1) is 0 Å². The number of nitrogens with zero attached hydrogens (tertiary/aromatic N) is 3. The second kappa shape index (κ2) is 6.10. The SMILES string of the molecule is CN(C)C1CCN(Cc2cccnc2C(F)(F)F)CC1. The number of rotatable bonds is 3. The van der Waals surface area contributed by atoms with Crippen LogP contribution in [0.1, 0.15) is 24.1 Å². The maximum atomic E-state index is 12.9. The molecule has 1 aromatic rings. The number of hydrogen-bond acceptors (Lipinski definition) is 3. The van der Waals surface area contributed by atoms with Crippen LogP contribution in [0.15, 0.2) is 18.3 Å². The van der Waals surface area contributed by atoms with E-state index in [1.165, 1.54) is 12.3 Å². The summed E-state index contributed by atoms with van der Waals surface area (Å²) in [5.74, 6) is 0. The van der Waals surface area contributed by atoms with Crippen molar-refractivity contribution in [3.05, 3.63) is 29.6 Å². The lowest BCUT2D eigenvalue weighted by Crippen LogP contribution is -2.41. The molecule has 0 atom stereocenters. The van der Waals surface area contributed by atoms with E-state index in [1.54, 1.807) is 6.07 Å². The van der Waals surface area contributed by atoms with Crippen LogP contribution >= 0.6 is 0 Å². The molecule has 1 fully saturated rings. The van der Waals surface area contributed by atoms with Gasteiger partial charge in [-0.1, -0.05) is 6.07 Å². The number of hydrogen-bond donors (Lipinski definition) is 0. The van der Waals surface area contributed by atoms with Crippen LogP contribution in [0.4, 0.5) is 13.2 Å². The molecule has 0 amide bonds. The largest absolute Gasteiger partial charge is 0.433 e. The van der Waals surface area contributed by atoms with Crippen molar-refractivity contribution in [2.45, 2.75) is 31.6 Å². The zero-order chi connectivity index (χ0) is 14.8. The van der Waals surface area contributed by atoms with E-state index in [1.807, 2.05) is 14.1 Å². The van der Waals surface area contributed by atoms with Gasteiger partial charge < -0.3 is 4.90 Å². The summed E-state index contributed by atoms with van der Waals surface area (Å²) in [6, 6.07) is 3.62. The molecule has 0 aromatic carbocycles. The predicted octanol–water partition coefficient (Wildman–Crippen LogP) is 2.63. The zero-order valence-corrected chi connectivity index (χ0v) is 11.8. The second-order valence-corrected chi connectivity index (χ2v) is 5.48. The molecule has 20 heavy (non-hydrogen) atoms. The van der Waals surface area contributed by atoms with Crippen LogP contribution in [0.3, 0.4) is 0 Å². The molecular formula is C14H20F3N3. The maximum Gasteiger partial charge on any atom is 0.433 e. The van der Waals surface area contributed by atoms with Gasteiger partial charge in [0.05, 0.1) is 0 Å². The van der Waals surface area contributed by atoms with Gasteiger partial charge in [0.2, 0.25) is 0 Å². The van der Waals surface area contributed by atoms with Gasteiger partial charge in [0.15, 0.2) is 0 Å². The monoisotopic (exact) mass is 287 g/mol. The lowest BCUT2D eigenvalue weighted by Gasteiger charge is -2.35. The maximum absolute atomic E-state index is 12.9. The van der Waals surface area contributed by atoms with Gasteiger partial charge in [-0.3, -0.25) is 9.88 Å². The fourth-order valence-corrected chi connectivity index (χ4v) is 2.66.